The molecule has 5 heteroatoms. The average Bonchev–Trinajstić information content (AvgIpc) is 2.40. The van der Waals surface area contributed by atoms with Gasteiger partial charge in [0.25, 0.3) is 5.69 Å². The Morgan fingerprint density at radius 2 is 1.94 bits per heavy atom. The van der Waals surface area contributed by atoms with Gasteiger partial charge in [-0.2, -0.15) is 0 Å². The van der Waals surface area contributed by atoms with Gasteiger partial charge in [-0.05, 0) is 25.8 Å². The normalized spacial score (nSPS) is 18.3. The standard InChI is InChI=1S/C13H19N3O2/c1-11(15-9-5-2-6-10-15)14-12-7-3-4-8-13(12)16(17)18/h3-4,7-8,11,14H,2,5-6,9-10H2,1H3. The van der Waals surface area contributed by atoms with E-state index in [2.05, 4.69) is 17.1 Å². The lowest BCUT2D eigenvalue weighted by Gasteiger charge is -2.33. The molecule has 1 aromatic rings. The Labute approximate surface area is 107 Å². The molecule has 18 heavy (non-hydrogen) atoms. The molecule has 98 valence electrons. The molecule has 1 N–H and O–H groups in total. The highest BCUT2D eigenvalue weighted by Crippen LogP contribution is 2.25. The molecular formula is C13H19N3O2. The molecule has 1 saturated heterocycles. The van der Waals surface area contributed by atoms with Gasteiger partial charge in [0.05, 0.1) is 11.1 Å². The highest BCUT2D eigenvalue weighted by Gasteiger charge is 2.19. The third kappa shape index (κ3) is 2.98. The molecule has 1 aliphatic rings. The molecule has 0 aromatic heterocycles. The lowest BCUT2D eigenvalue weighted by molar-refractivity contribution is -0.384. The average molecular weight is 249 g/mol. The van der Waals surface area contributed by atoms with Crippen molar-refractivity contribution in [2.45, 2.75) is 32.4 Å². The van der Waals surface area contributed by atoms with E-state index < -0.39 is 0 Å². The Hall–Kier alpha value is -1.62. The molecule has 2 rings (SSSR count). The van der Waals surface area contributed by atoms with Crippen molar-refractivity contribution < 1.29 is 4.92 Å². The lowest BCUT2D eigenvalue weighted by Crippen LogP contribution is -2.41. The van der Waals surface area contributed by atoms with Crippen molar-refractivity contribution in [3.63, 3.8) is 0 Å². The first-order valence-electron chi connectivity index (χ1n) is 6.42. The van der Waals surface area contributed by atoms with Gasteiger partial charge in [0, 0.05) is 19.2 Å². The fourth-order valence-electron chi connectivity index (χ4n) is 2.38. The minimum absolute atomic E-state index is 0.131. The van der Waals surface area contributed by atoms with Gasteiger partial charge in [-0.15, -0.1) is 0 Å². The summed E-state index contributed by atoms with van der Waals surface area (Å²) >= 11 is 0. The number of piperidine rings is 1. The van der Waals surface area contributed by atoms with Gasteiger partial charge >= 0.3 is 0 Å². The van der Waals surface area contributed by atoms with E-state index in [1.54, 1.807) is 12.1 Å². The zero-order valence-electron chi connectivity index (χ0n) is 10.6. The van der Waals surface area contributed by atoms with Crippen LogP contribution in [-0.2, 0) is 0 Å². The summed E-state index contributed by atoms with van der Waals surface area (Å²) < 4.78 is 0. The van der Waals surface area contributed by atoms with Crippen LogP contribution in [-0.4, -0.2) is 29.1 Å². The van der Waals surface area contributed by atoms with E-state index in [4.69, 9.17) is 0 Å². The molecule has 0 radical (unpaired) electrons. The van der Waals surface area contributed by atoms with Gasteiger partial charge in [-0.3, -0.25) is 15.0 Å². The highest BCUT2D eigenvalue weighted by atomic mass is 16.6. The maximum atomic E-state index is 10.9. The first-order valence-corrected chi connectivity index (χ1v) is 6.42. The third-order valence-corrected chi connectivity index (χ3v) is 3.40. The summed E-state index contributed by atoms with van der Waals surface area (Å²) in [5, 5.41) is 14.2. The Morgan fingerprint density at radius 3 is 2.61 bits per heavy atom. The third-order valence-electron chi connectivity index (χ3n) is 3.40. The van der Waals surface area contributed by atoms with Crippen LogP contribution >= 0.6 is 0 Å². The van der Waals surface area contributed by atoms with E-state index in [-0.39, 0.29) is 16.8 Å². The second-order valence-electron chi connectivity index (χ2n) is 4.69. The molecule has 0 saturated carbocycles. The molecule has 0 spiro atoms. The summed E-state index contributed by atoms with van der Waals surface area (Å²) in [4.78, 5) is 12.9. The van der Waals surface area contributed by atoms with Crippen molar-refractivity contribution in [3.8, 4) is 0 Å². The van der Waals surface area contributed by atoms with Gasteiger partial charge in [-0.1, -0.05) is 18.6 Å². The number of hydrogen-bond donors (Lipinski definition) is 1. The van der Waals surface area contributed by atoms with Crippen molar-refractivity contribution in [3.05, 3.63) is 34.4 Å². The van der Waals surface area contributed by atoms with E-state index in [1.807, 2.05) is 6.07 Å². The maximum absolute atomic E-state index is 10.9. The molecular weight excluding hydrogens is 230 g/mol. The zero-order chi connectivity index (χ0) is 13.0. The molecule has 1 heterocycles. The molecule has 0 aliphatic carbocycles. The molecule has 5 nitrogen and oxygen atoms in total. The van der Waals surface area contributed by atoms with Crippen LogP contribution in [0.2, 0.25) is 0 Å². The van der Waals surface area contributed by atoms with Crippen molar-refractivity contribution in [1.82, 2.24) is 4.90 Å². The highest BCUT2D eigenvalue weighted by molar-refractivity contribution is 5.61. The summed E-state index contributed by atoms with van der Waals surface area (Å²) in [6.45, 7) is 4.19. The van der Waals surface area contributed by atoms with Crippen molar-refractivity contribution in [2.24, 2.45) is 0 Å². The number of hydrogen-bond acceptors (Lipinski definition) is 4. The first kappa shape index (κ1) is 12.8. The minimum Gasteiger partial charge on any atom is -0.364 e. The van der Waals surface area contributed by atoms with Crippen LogP contribution < -0.4 is 5.32 Å². The summed E-state index contributed by atoms with van der Waals surface area (Å²) in [6, 6.07) is 6.80. The van der Waals surface area contributed by atoms with Gasteiger partial charge in [-0.25, -0.2) is 0 Å². The molecule has 1 fully saturated rings. The summed E-state index contributed by atoms with van der Waals surface area (Å²) in [7, 11) is 0. The summed E-state index contributed by atoms with van der Waals surface area (Å²) in [5.41, 5.74) is 0.738. The van der Waals surface area contributed by atoms with Crippen molar-refractivity contribution in [1.29, 1.82) is 0 Å². The summed E-state index contributed by atoms with van der Waals surface area (Å²) in [6.07, 6.45) is 3.84. The van der Waals surface area contributed by atoms with Crippen LogP contribution in [0, 0.1) is 10.1 Å². The van der Waals surface area contributed by atoms with E-state index in [0.29, 0.717) is 5.69 Å². The molecule has 0 bridgehead atoms. The number of rotatable bonds is 4. The largest absolute Gasteiger partial charge is 0.364 e. The number of anilines is 1. The Morgan fingerprint density at radius 1 is 1.28 bits per heavy atom. The Kier molecular flexibility index (Phi) is 4.15. The molecule has 0 amide bonds. The van der Waals surface area contributed by atoms with Crippen LogP contribution in [0.15, 0.2) is 24.3 Å². The predicted octanol–water partition coefficient (Wildman–Crippen LogP) is 2.84. The molecule has 1 atom stereocenters. The van der Waals surface area contributed by atoms with Gasteiger partial charge in [0.15, 0.2) is 0 Å². The van der Waals surface area contributed by atoms with Crippen molar-refractivity contribution >= 4 is 11.4 Å². The number of para-hydroxylation sites is 2. The summed E-state index contributed by atoms with van der Waals surface area (Å²) in [5.74, 6) is 0. The minimum atomic E-state index is -0.342. The lowest BCUT2D eigenvalue weighted by atomic mass is 10.1. The molecule has 1 aliphatic heterocycles. The molecule has 1 unspecified atom stereocenters. The number of nitrogens with zero attached hydrogens (tertiary/aromatic N) is 2. The number of likely N-dealkylation sites (tertiary alicyclic amines) is 1. The van der Waals surface area contributed by atoms with E-state index in [9.17, 15) is 10.1 Å². The van der Waals surface area contributed by atoms with Gasteiger partial charge in [0.2, 0.25) is 0 Å². The number of benzene rings is 1. The van der Waals surface area contributed by atoms with Gasteiger partial charge < -0.3 is 5.32 Å². The smallest absolute Gasteiger partial charge is 0.292 e. The maximum Gasteiger partial charge on any atom is 0.292 e. The van der Waals surface area contributed by atoms with E-state index in [1.165, 1.54) is 25.3 Å². The Balaban J connectivity index is 2.06. The van der Waals surface area contributed by atoms with Crippen LogP contribution in [0.4, 0.5) is 11.4 Å². The zero-order valence-corrected chi connectivity index (χ0v) is 10.6. The predicted molar refractivity (Wildman–Crippen MR) is 71.6 cm³/mol. The van der Waals surface area contributed by atoms with E-state index >= 15 is 0 Å². The van der Waals surface area contributed by atoms with Crippen LogP contribution in [0.5, 0.6) is 0 Å². The topological polar surface area (TPSA) is 58.4 Å². The SMILES string of the molecule is CC(Nc1ccccc1[N+](=O)[O-])N1CCCCC1. The fraction of sp³-hybridized carbons (Fsp3) is 0.538. The fourth-order valence-corrected chi connectivity index (χ4v) is 2.38. The molecule has 1 aromatic carbocycles. The number of nitro benzene ring substituents is 1. The van der Waals surface area contributed by atoms with Crippen LogP contribution in [0.3, 0.4) is 0 Å². The second-order valence-corrected chi connectivity index (χ2v) is 4.69. The van der Waals surface area contributed by atoms with Crippen LogP contribution in [0.1, 0.15) is 26.2 Å². The van der Waals surface area contributed by atoms with Gasteiger partial charge in [0.1, 0.15) is 5.69 Å². The first-order chi connectivity index (χ1) is 8.68. The van der Waals surface area contributed by atoms with E-state index in [0.717, 1.165) is 13.1 Å². The van der Waals surface area contributed by atoms with Crippen LogP contribution in [0.25, 0.3) is 0 Å². The number of nitro groups is 1. The second kappa shape index (κ2) is 5.82. The number of nitrogens with one attached hydrogen (secondary N) is 1. The monoisotopic (exact) mass is 249 g/mol. The van der Waals surface area contributed by atoms with Crippen molar-refractivity contribution in [2.75, 3.05) is 18.4 Å². The Bertz CT molecular complexity index is 416. The quantitative estimate of drug-likeness (QED) is 0.658.